The maximum Gasteiger partial charge on any atom is 0.258 e. The monoisotopic (exact) mass is 461 g/mol. The Labute approximate surface area is 195 Å². The molecule has 10 heteroatoms. The molecule has 1 N–H and O–H groups in total. The predicted molar refractivity (Wildman–Crippen MR) is 123 cm³/mol. The molecule has 0 bridgehead atoms. The quantitative estimate of drug-likeness (QED) is 0.283. The summed E-state index contributed by atoms with van der Waals surface area (Å²) in [5, 5.41) is 15.5. The first-order valence-electron chi connectivity index (χ1n) is 10.5. The van der Waals surface area contributed by atoms with Crippen LogP contribution >= 0.6 is 0 Å². The average Bonchev–Trinajstić information content (AvgIpc) is 3.29. The Hall–Kier alpha value is -4.47. The van der Waals surface area contributed by atoms with Crippen LogP contribution in [0.2, 0.25) is 0 Å². The summed E-state index contributed by atoms with van der Waals surface area (Å²) in [5.74, 6) is 1.82. The van der Waals surface area contributed by atoms with E-state index in [-0.39, 0.29) is 31.4 Å². The number of hydrogen-bond donors (Lipinski definition) is 1. The second-order valence-electron chi connectivity index (χ2n) is 7.26. The van der Waals surface area contributed by atoms with Gasteiger partial charge in [-0.1, -0.05) is 12.1 Å². The van der Waals surface area contributed by atoms with E-state index in [0.717, 1.165) is 5.56 Å². The number of benzene rings is 2. The number of amides is 1. The highest BCUT2D eigenvalue weighted by Crippen LogP contribution is 2.23. The topological polar surface area (TPSA) is 117 Å². The molecule has 2 heterocycles. The summed E-state index contributed by atoms with van der Waals surface area (Å²) < 4.78 is 18.0. The van der Waals surface area contributed by atoms with E-state index in [2.05, 4.69) is 20.6 Å². The molecule has 0 spiro atoms. The van der Waals surface area contributed by atoms with Gasteiger partial charge in [0.1, 0.15) is 18.1 Å². The maximum atomic E-state index is 12.0. The molecule has 0 atom stereocenters. The van der Waals surface area contributed by atoms with Gasteiger partial charge in [0, 0.05) is 17.2 Å². The number of nitrogens with one attached hydrogen (secondary N) is 1. The molecule has 0 saturated heterocycles. The van der Waals surface area contributed by atoms with E-state index < -0.39 is 0 Å². The van der Waals surface area contributed by atoms with Crippen molar-refractivity contribution in [2.24, 2.45) is 0 Å². The predicted octanol–water partition coefficient (Wildman–Crippen LogP) is 2.58. The van der Waals surface area contributed by atoms with Crippen LogP contribution in [0.15, 0.2) is 60.7 Å². The van der Waals surface area contributed by atoms with Crippen molar-refractivity contribution in [2.45, 2.75) is 6.92 Å². The second-order valence-corrected chi connectivity index (χ2v) is 7.26. The number of methoxy groups -OCH3 is 1. The standard InChI is InChI=1S/C24H23N5O5/c1-16(30)17-6-8-19(9-7-17)34-15-22(31)25-12-13-33-23-11-10-21-26-27-24(29(21)28-23)18-4-3-5-20(14-18)32-2/h3-11,14H,12-13,15H2,1-2H3,(H,25,31). The smallest absolute Gasteiger partial charge is 0.258 e. The van der Waals surface area contributed by atoms with Crippen LogP contribution in [0.1, 0.15) is 17.3 Å². The Bertz CT molecular complexity index is 1300. The Morgan fingerprint density at radius 2 is 1.79 bits per heavy atom. The van der Waals surface area contributed by atoms with Crippen LogP contribution in [0.3, 0.4) is 0 Å². The Morgan fingerprint density at radius 3 is 2.56 bits per heavy atom. The minimum Gasteiger partial charge on any atom is -0.497 e. The van der Waals surface area contributed by atoms with Gasteiger partial charge in [0.15, 0.2) is 23.9 Å². The lowest BCUT2D eigenvalue weighted by atomic mass is 10.1. The summed E-state index contributed by atoms with van der Waals surface area (Å²) in [4.78, 5) is 23.3. The highest BCUT2D eigenvalue weighted by molar-refractivity contribution is 5.94. The lowest BCUT2D eigenvalue weighted by molar-refractivity contribution is -0.123. The number of aromatic nitrogens is 4. The summed E-state index contributed by atoms with van der Waals surface area (Å²) in [5.41, 5.74) is 1.97. The van der Waals surface area contributed by atoms with Gasteiger partial charge in [0.05, 0.1) is 13.7 Å². The molecule has 0 fully saturated rings. The third-order valence-corrected chi connectivity index (χ3v) is 4.87. The van der Waals surface area contributed by atoms with Gasteiger partial charge in [-0.3, -0.25) is 9.59 Å². The van der Waals surface area contributed by atoms with Crippen LogP contribution in [0.25, 0.3) is 17.0 Å². The van der Waals surface area contributed by atoms with Crippen molar-refractivity contribution in [1.29, 1.82) is 0 Å². The summed E-state index contributed by atoms with van der Waals surface area (Å²) in [6, 6.07) is 17.5. The fourth-order valence-electron chi connectivity index (χ4n) is 3.12. The number of nitrogens with zero attached hydrogens (tertiary/aromatic N) is 4. The lowest BCUT2D eigenvalue weighted by Gasteiger charge is -2.09. The molecule has 0 unspecified atom stereocenters. The second kappa shape index (κ2) is 10.4. The van der Waals surface area contributed by atoms with E-state index in [1.54, 1.807) is 48.0 Å². The van der Waals surface area contributed by atoms with Crippen molar-refractivity contribution >= 4 is 17.3 Å². The zero-order valence-electron chi connectivity index (χ0n) is 18.7. The molecular weight excluding hydrogens is 438 g/mol. The summed E-state index contributed by atoms with van der Waals surface area (Å²) in [6.45, 7) is 1.84. The van der Waals surface area contributed by atoms with Crippen molar-refractivity contribution in [3.05, 3.63) is 66.2 Å². The van der Waals surface area contributed by atoms with Crippen molar-refractivity contribution in [1.82, 2.24) is 25.1 Å². The average molecular weight is 461 g/mol. The van der Waals surface area contributed by atoms with Crippen LogP contribution < -0.4 is 19.5 Å². The number of Topliss-reactive ketones (excluding diaryl/α,β-unsaturated/α-hetero) is 1. The zero-order chi connectivity index (χ0) is 23.9. The minimum atomic E-state index is -0.290. The minimum absolute atomic E-state index is 0.0289. The molecule has 34 heavy (non-hydrogen) atoms. The Balaban J connectivity index is 1.28. The molecule has 2 aromatic heterocycles. The lowest BCUT2D eigenvalue weighted by Crippen LogP contribution is -2.32. The van der Waals surface area contributed by atoms with Crippen molar-refractivity contribution in [3.63, 3.8) is 0 Å². The Kier molecular flexibility index (Phi) is 6.97. The molecule has 0 aliphatic heterocycles. The van der Waals surface area contributed by atoms with Crippen molar-refractivity contribution in [2.75, 3.05) is 26.9 Å². The maximum absolute atomic E-state index is 12.0. The molecule has 0 aliphatic carbocycles. The third-order valence-electron chi connectivity index (χ3n) is 4.87. The van der Waals surface area contributed by atoms with Crippen LogP contribution in [-0.2, 0) is 4.79 Å². The fourth-order valence-corrected chi connectivity index (χ4v) is 3.12. The summed E-state index contributed by atoms with van der Waals surface area (Å²) in [7, 11) is 1.60. The third kappa shape index (κ3) is 5.47. The molecule has 0 radical (unpaired) electrons. The first-order chi connectivity index (χ1) is 16.5. The molecular formula is C24H23N5O5. The molecule has 4 rings (SSSR count). The van der Waals surface area contributed by atoms with E-state index in [1.165, 1.54) is 6.92 Å². The van der Waals surface area contributed by atoms with Gasteiger partial charge >= 0.3 is 0 Å². The van der Waals surface area contributed by atoms with E-state index in [4.69, 9.17) is 14.2 Å². The van der Waals surface area contributed by atoms with Crippen molar-refractivity contribution < 1.29 is 23.8 Å². The zero-order valence-corrected chi connectivity index (χ0v) is 18.7. The largest absolute Gasteiger partial charge is 0.497 e. The highest BCUT2D eigenvalue weighted by Gasteiger charge is 2.11. The van der Waals surface area contributed by atoms with Crippen LogP contribution in [0.4, 0.5) is 0 Å². The van der Waals surface area contributed by atoms with Gasteiger partial charge in [-0.15, -0.1) is 15.3 Å². The van der Waals surface area contributed by atoms with Gasteiger partial charge in [0.2, 0.25) is 5.88 Å². The van der Waals surface area contributed by atoms with E-state index in [0.29, 0.717) is 34.4 Å². The number of ketones is 1. The van der Waals surface area contributed by atoms with Gasteiger partial charge in [-0.2, -0.15) is 4.52 Å². The van der Waals surface area contributed by atoms with Crippen LogP contribution in [-0.4, -0.2) is 58.4 Å². The number of carbonyl (C=O) groups is 2. The number of ether oxygens (including phenoxy) is 3. The molecule has 4 aromatic rings. The highest BCUT2D eigenvalue weighted by atomic mass is 16.5. The van der Waals surface area contributed by atoms with Gasteiger partial charge in [-0.05, 0) is 49.4 Å². The number of rotatable bonds is 10. The molecule has 174 valence electrons. The van der Waals surface area contributed by atoms with Gasteiger partial charge in [0.25, 0.3) is 5.91 Å². The number of hydrogen-bond acceptors (Lipinski definition) is 8. The summed E-state index contributed by atoms with van der Waals surface area (Å²) in [6.07, 6.45) is 0. The summed E-state index contributed by atoms with van der Waals surface area (Å²) >= 11 is 0. The van der Waals surface area contributed by atoms with Crippen LogP contribution in [0.5, 0.6) is 17.4 Å². The SMILES string of the molecule is COc1cccc(-c2nnc3ccc(OCCNC(=O)COc4ccc(C(C)=O)cc4)nn23)c1. The first-order valence-corrected chi connectivity index (χ1v) is 10.5. The first kappa shape index (κ1) is 22.7. The van der Waals surface area contributed by atoms with E-state index >= 15 is 0 Å². The normalized spacial score (nSPS) is 10.6. The van der Waals surface area contributed by atoms with E-state index in [1.807, 2.05) is 24.3 Å². The fraction of sp³-hybridized carbons (Fsp3) is 0.208. The van der Waals surface area contributed by atoms with Crippen LogP contribution in [0, 0.1) is 0 Å². The molecule has 2 aromatic carbocycles. The van der Waals surface area contributed by atoms with E-state index in [9.17, 15) is 9.59 Å². The Morgan fingerprint density at radius 1 is 0.971 bits per heavy atom. The molecule has 1 amide bonds. The molecule has 0 aliphatic rings. The number of carbonyl (C=O) groups excluding carboxylic acids is 2. The van der Waals surface area contributed by atoms with Gasteiger partial charge < -0.3 is 19.5 Å². The molecule has 0 saturated carbocycles. The van der Waals surface area contributed by atoms with Crippen molar-refractivity contribution in [3.8, 4) is 28.8 Å². The molecule has 10 nitrogen and oxygen atoms in total. The number of fused-ring (bicyclic) bond motifs is 1. The van der Waals surface area contributed by atoms with Gasteiger partial charge in [-0.25, -0.2) is 0 Å².